The Bertz CT molecular complexity index is 511. The fourth-order valence-corrected chi connectivity index (χ4v) is 2.35. The maximum atomic E-state index is 4.38. The minimum Gasteiger partial charge on any atom is -0.334 e. The molecule has 1 aliphatic carbocycles. The average Bonchev–Trinajstić information content (AvgIpc) is 2.75. The van der Waals surface area contributed by atoms with Gasteiger partial charge in [0.1, 0.15) is 5.82 Å². The van der Waals surface area contributed by atoms with Crippen LogP contribution in [0.25, 0.3) is 11.4 Å². The monoisotopic (exact) mass is 211 g/mol. The molecule has 2 aromatic rings. The minimum absolute atomic E-state index is 1.04. The quantitative estimate of drug-likeness (QED) is 0.709. The molecule has 81 valence electrons. The van der Waals surface area contributed by atoms with E-state index in [1.807, 2.05) is 19.4 Å². The second-order valence-electron chi connectivity index (χ2n) is 4.37. The summed E-state index contributed by atoms with van der Waals surface area (Å²) in [6.45, 7) is 0. The third-order valence-corrected chi connectivity index (χ3v) is 3.24. The van der Waals surface area contributed by atoms with Crippen LogP contribution in [0.3, 0.4) is 0 Å². The second-order valence-corrected chi connectivity index (χ2v) is 4.37. The zero-order valence-corrected chi connectivity index (χ0v) is 9.48. The summed E-state index contributed by atoms with van der Waals surface area (Å²) in [7, 11) is 2.03. The molecule has 2 nitrogen and oxygen atoms in total. The lowest BCUT2D eigenvalue weighted by Crippen LogP contribution is -2.01. The van der Waals surface area contributed by atoms with Gasteiger partial charge in [0.05, 0.1) is 0 Å². The highest BCUT2D eigenvalue weighted by Gasteiger charge is 2.11. The molecule has 1 aromatic heterocycles. The zero-order chi connectivity index (χ0) is 11.0. The molecule has 0 saturated carbocycles. The zero-order valence-electron chi connectivity index (χ0n) is 9.48. The fraction of sp³-hybridized carbons (Fsp3) is 0.286. The van der Waals surface area contributed by atoms with E-state index in [9.17, 15) is 0 Å². The Balaban J connectivity index is 2.06. The molecule has 0 amide bonds. The van der Waals surface area contributed by atoms with Gasteiger partial charge >= 0.3 is 0 Å². The van der Waals surface area contributed by atoms with Gasteiger partial charge < -0.3 is 4.57 Å². The highest BCUT2D eigenvalue weighted by molar-refractivity contribution is 5.59. The maximum Gasteiger partial charge on any atom is 0.139 e. The highest BCUT2D eigenvalue weighted by Crippen LogP contribution is 2.27. The number of rotatable bonds is 1. The predicted molar refractivity (Wildman–Crippen MR) is 65.0 cm³/mol. The van der Waals surface area contributed by atoms with E-state index in [0.29, 0.717) is 0 Å². The number of aromatic nitrogens is 2. The molecule has 0 saturated heterocycles. The lowest BCUT2D eigenvalue weighted by Gasteiger charge is -2.16. The molecule has 2 heteroatoms. The molecular weight excluding hydrogens is 196 g/mol. The Morgan fingerprint density at radius 1 is 1.31 bits per heavy atom. The third-order valence-electron chi connectivity index (χ3n) is 3.24. The summed E-state index contributed by atoms with van der Waals surface area (Å²) in [6.07, 6.45) is 9.88. The Morgan fingerprint density at radius 2 is 2.25 bits per heavy atom. The molecule has 1 heterocycles. The number of hydrogen-bond acceptors (Lipinski definition) is 1. The molecule has 3 rings (SSSR count). The van der Waals surface area contributed by atoms with Crippen molar-refractivity contribution in [2.45, 2.75) is 19.3 Å². The smallest absolute Gasteiger partial charge is 0.139 e. The molecule has 0 N–H and O–H groups in total. The van der Waals surface area contributed by atoms with Gasteiger partial charge in [-0.05, 0) is 42.9 Å². The first-order valence-electron chi connectivity index (χ1n) is 5.78. The Hall–Kier alpha value is -1.57. The van der Waals surface area contributed by atoms with Crippen molar-refractivity contribution in [2.24, 2.45) is 7.05 Å². The normalized spacial score (nSPS) is 14.8. The van der Waals surface area contributed by atoms with Crippen LogP contribution < -0.4 is 0 Å². The largest absolute Gasteiger partial charge is 0.334 e. The van der Waals surface area contributed by atoms with E-state index in [2.05, 4.69) is 34.2 Å². The van der Waals surface area contributed by atoms with E-state index in [1.54, 1.807) is 0 Å². The van der Waals surface area contributed by atoms with Crippen molar-refractivity contribution in [3.05, 3.63) is 48.1 Å². The summed E-state index contributed by atoms with van der Waals surface area (Å²) in [6, 6.07) is 6.69. The summed E-state index contributed by atoms with van der Waals surface area (Å²) >= 11 is 0. The van der Waals surface area contributed by atoms with Gasteiger partial charge in [0, 0.05) is 25.0 Å². The van der Waals surface area contributed by atoms with Gasteiger partial charge in [0.25, 0.3) is 0 Å². The van der Waals surface area contributed by atoms with Gasteiger partial charge in [-0.25, -0.2) is 4.98 Å². The Morgan fingerprint density at radius 3 is 3.06 bits per heavy atom. The van der Waals surface area contributed by atoms with Gasteiger partial charge in [-0.3, -0.25) is 0 Å². The van der Waals surface area contributed by atoms with Crippen LogP contribution >= 0.6 is 0 Å². The van der Waals surface area contributed by atoms with Crippen LogP contribution in [0.15, 0.2) is 30.6 Å². The molecule has 1 radical (unpaired) electrons. The molecule has 1 aromatic carbocycles. The van der Waals surface area contributed by atoms with Crippen molar-refractivity contribution in [2.75, 3.05) is 0 Å². The molecule has 0 fully saturated rings. The van der Waals surface area contributed by atoms with Crippen LogP contribution in [-0.2, 0) is 13.5 Å². The first-order chi connectivity index (χ1) is 7.84. The minimum atomic E-state index is 1.04. The summed E-state index contributed by atoms with van der Waals surface area (Å²) in [5.41, 5.74) is 4.08. The van der Waals surface area contributed by atoms with Crippen LogP contribution in [0.5, 0.6) is 0 Å². The van der Waals surface area contributed by atoms with Crippen LogP contribution in [0.2, 0.25) is 0 Å². The molecule has 16 heavy (non-hydrogen) atoms. The molecule has 0 unspecified atom stereocenters. The molecule has 0 bridgehead atoms. The fourth-order valence-electron chi connectivity index (χ4n) is 2.35. The van der Waals surface area contributed by atoms with Gasteiger partial charge in [0.2, 0.25) is 0 Å². The molecule has 0 spiro atoms. The first-order valence-corrected chi connectivity index (χ1v) is 5.78. The summed E-state index contributed by atoms with van der Waals surface area (Å²) in [5, 5.41) is 0. The number of benzene rings is 1. The van der Waals surface area contributed by atoms with Crippen LogP contribution in [0.4, 0.5) is 0 Å². The van der Waals surface area contributed by atoms with Crippen LogP contribution in [0, 0.1) is 6.42 Å². The van der Waals surface area contributed by atoms with Crippen molar-refractivity contribution in [1.29, 1.82) is 0 Å². The maximum absolute atomic E-state index is 4.38. The lowest BCUT2D eigenvalue weighted by molar-refractivity contribution is 0.775. The van der Waals surface area contributed by atoms with Gasteiger partial charge in [-0.1, -0.05) is 12.1 Å². The SMILES string of the molecule is Cn1ccnc1-c1ccc2c(c1)[CH]CCC2. The van der Waals surface area contributed by atoms with E-state index in [1.165, 1.54) is 36.0 Å². The molecule has 0 aliphatic heterocycles. The van der Waals surface area contributed by atoms with Crippen molar-refractivity contribution in [1.82, 2.24) is 9.55 Å². The van der Waals surface area contributed by atoms with Crippen molar-refractivity contribution >= 4 is 0 Å². The van der Waals surface area contributed by atoms with E-state index in [4.69, 9.17) is 0 Å². The molecule has 0 atom stereocenters. The standard InChI is InChI=1S/C14H15N2/c1-16-9-8-15-14(16)13-7-6-11-4-2-3-5-12(11)10-13/h5-10H,2-4H2,1H3. The molecule has 1 aliphatic rings. The van der Waals surface area contributed by atoms with Gasteiger partial charge in [-0.15, -0.1) is 0 Å². The summed E-state index contributed by atoms with van der Waals surface area (Å²) < 4.78 is 2.06. The van der Waals surface area contributed by atoms with E-state index in [-0.39, 0.29) is 0 Å². The Labute approximate surface area is 95.9 Å². The number of nitrogens with zero attached hydrogens (tertiary/aromatic N) is 2. The number of aryl methyl sites for hydroxylation is 2. The third kappa shape index (κ3) is 1.54. The van der Waals surface area contributed by atoms with Gasteiger partial charge in [-0.2, -0.15) is 0 Å². The number of imidazole rings is 1. The van der Waals surface area contributed by atoms with Crippen molar-refractivity contribution in [3.63, 3.8) is 0 Å². The van der Waals surface area contributed by atoms with Crippen molar-refractivity contribution in [3.8, 4) is 11.4 Å². The number of fused-ring (bicyclic) bond motifs is 1. The highest BCUT2D eigenvalue weighted by atomic mass is 15.0. The van der Waals surface area contributed by atoms with E-state index < -0.39 is 0 Å². The second kappa shape index (κ2) is 3.78. The first kappa shape index (κ1) is 9.64. The summed E-state index contributed by atoms with van der Waals surface area (Å²) in [5.74, 6) is 1.04. The van der Waals surface area contributed by atoms with E-state index in [0.717, 1.165) is 5.82 Å². The summed E-state index contributed by atoms with van der Waals surface area (Å²) in [4.78, 5) is 4.38. The van der Waals surface area contributed by atoms with E-state index >= 15 is 0 Å². The predicted octanol–water partition coefficient (Wildman–Crippen LogP) is 2.98. The van der Waals surface area contributed by atoms with Crippen LogP contribution in [0.1, 0.15) is 24.0 Å². The topological polar surface area (TPSA) is 17.8 Å². The Kier molecular flexibility index (Phi) is 2.28. The lowest BCUT2D eigenvalue weighted by atomic mass is 9.90. The van der Waals surface area contributed by atoms with Gasteiger partial charge in [0.15, 0.2) is 0 Å². The number of hydrogen-bond donors (Lipinski definition) is 0. The molecular formula is C14H15N2. The van der Waals surface area contributed by atoms with Crippen molar-refractivity contribution < 1.29 is 0 Å². The van der Waals surface area contributed by atoms with Crippen LogP contribution in [-0.4, -0.2) is 9.55 Å². The average molecular weight is 211 g/mol.